The van der Waals surface area contributed by atoms with Crippen molar-refractivity contribution in [3.8, 4) is 11.1 Å². The van der Waals surface area contributed by atoms with Crippen LogP contribution in [0.5, 0.6) is 0 Å². The van der Waals surface area contributed by atoms with Crippen molar-refractivity contribution in [2.24, 2.45) is 7.05 Å². The maximum absolute atomic E-state index is 15.0. The fourth-order valence-corrected chi connectivity index (χ4v) is 5.44. The van der Waals surface area contributed by atoms with E-state index >= 15 is 0 Å². The molecule has 4 aromatic rings. The van der Waals surface area contributed by atoms with Crippen molar-refractivity contribution in [1.82, 2.24) is 19.9 Å². The Balaban J connectivity index is 1.91. The molecule has 0 atom stereocenters. The van der Waals surface area contributed by atoms with Gasteiger partial charge in [0.15, 0.2) is 21.5 Å². The second kappa shape index (κ2) is 8.26. The minimum absolute atomic E-state index is 0.0430. The predicted octanol–water partition coefficient (Wildman–Crippen LogP) is 2.76. The van der Waals surface area contributed by atoms with E-state index in [9.17, 15) is 26.8 Å². The predicted molar refractivity (Wildman–Crippen MR) is 131 cm³/mol. The summed E-state index contributed by atoms with van der Waals surface area (Å²) in [4.78, 5) is 34.0. The molecule has 36 heavy (non-hydrogen) atoms. The van der Waals surface area contributed by atoms with Crippen molar-refractivity contribution in [1.29, 1.82) is 0 Å². The SMILES string of the molecule is CNC(=O)c1cc2c(cc1CS(C)(=O)=O)-c1cn(C)c(=O)c3[nH]cc(c13)CN2c1ncc(F)cc1F. The fraction of sp³-hybridized carbons (Fsp3) is 0.208. The van der Waals surface area contributed by atoms with Gasteiger partial charge in [-0.1, -0.05) is 0 Å². The minimum Gasteiger partial charge on any atom is -0.356 e. The van der Waals surface area contributed by atoms with Gasteiger partial charge >= 0.3 is 0 Å². The molecule has 5 rings (SSSR count). The third-order valence-electron chi connectivity index (χ3n) is 6.15. The number of carbonyl (C=O) groups excluding carboxylic acids is 1. The van der Waals surface area contributed by atoms with Crippen molar-refractivity contribution in [3.05, 3.63) is 75.5 Å². The zero-order valence-electron chi connectivity index (χ0n) is 19.5. The molecule has 4 heterocycles. The van der Waals surface area contributed by atoms with Gasteiger partial charge in [-0.25, -0.2) is 22.2 Å². The number of hydrogen-bond acceptors (Lipinski definition) is 6. The van der Waals surface area contributed by atoms with Crippen molar-refractivity contribution in [2.75, 3.05) is 18.2 Å². The van der Waals surface area contributed by atoms with Gasteiger partial charge in [0.25, 0.3) is 11.5 Å². The lowest BCUT2D eigenvalue weighted by Crippen LogP contribution is -2.23. The van der Waals surface area contributed by atoms with Gasteiger partial charge in [-0.15, -0.1) is 0 Å². The van der Waals surface area contributed by atoms with E-state index in [4.69, 9.17) is 0 Å². The number of aromatic amines is 1. The number of nitrogens with zero attached hydrogens (tertiary/aromatic N) is 3. The molecule has 9 nitrogen and oxygen atoms in total. The molecule has 0 saturated heterocycles. The van der Waals surface area contributed by atoms with E-state index in [0.717, 1.165) is 12.5 Å². The highest BCUT2D eigenvalue weighted by Gasteiger charge is 2.30. The average molecular weight is 514 g/mol. The third-order valence-corrected chi connectivity index (χ3v) is 6.99. The molecule has 0 aliphatic carbocycles. The summed E-state index contributed by atoms with van der Waals surface area (Å²) in [5.74, 6) is -2.91. The summed E-state index contributed by atoms with van der Waals surface area (Å²) in [6.45, 7) is 0.0430. The number of sulfone groups is 1. The summed E-state index contributed by atoms with van der Waals surface area (Å²) in [6, 6.07) is 3.75. The van der Waals surface area contributed by atoms with Crippen LogP contribution in [0.25, 0.3) is 22.0 Å². The topological polar surface area (TPSA) is 117 Å². The summed E-state index contributed by atoms with van der Waals surface area (Å²) < 4.78 is 54.5. The van der Waals surface area contributed by atoms with Crippen molar-refractivity contribution in [2.45, 2.75) is 12.3 Å². The number of aryl methyl sites for hydroxylation is 1. The van der Waals surface area contributed by atoms with Crippen LogP contribution in [0.2, 0.25) is 0 Å². The Morgan fingerprint density at radius 2 is 1.97 bits per heavy atom. The number of halogens is 2. The molecular formula is C24H21F2N5O4S. The number of benzene rings is 1. The second-order valence-corrected chi connectivity index (χ2v) is 10.9. The minimum atomic E-state index is -3.54. The van der Waals surface area contributed by atoms with E-state index < -0.39 is 33.1 Å². The molecule has 0 saturated carbocycles. The maximum Gasteiger partial charge on any atom is 0.274 e. The Labute approximate surface area is 204 Å². The Kier molecular flexibility index (Phi) is 5.43. The molecule has 186 valence electrons. The molecule has 0 bridgehead atoms. The average Bonchev–Trinajstić information content (AvgIpc) is 3.17. The first-order valence-electron chi connectivity index (χ1n) is 10.8. The lowest BCUT2D eigenvalue weighted by molar-refractivity contribution is 0.0962. The summed E-state index contributed by atoms with van der Waals surface area (Å²) in [5, 5.41) is 3.10. The third kappa shape index (κ3) is 3.83. The van der Waals surface area contributed by atoms with Crippen LogP contribution in [0.3, 0.4) is 0 Å². The van der Waals surface area contributed by atoms with Crippen LogP contribution in [0.4, 0.5) is 20.3 Å². The number of fused-ring (bicyclic) bond motifs is 2. The first-order chi connectivity index (χ1) is 17.0. The molecule has 1 aliphatic heterocycles. The first kappa shape index (κ1) is 23.7. The molecular weight excluding hydrogens is 492 g/mol. The quantitative estimate of drug-likeness (QED) is 0.434. The van der Waals surface area contributed by atoms with E-state index in [0.29, 0.717) is 39.3 Å². The van der Waals surface area contributed by atoms with Gasteiger partial charge in [0.2, 0.25) is 0 Å². The number of anilines is 2. The molecule has 0 radical (unpaired) electrons. The van der Waals surface area contributed by atoms with Crippen molar-refractivity contribution < 1.29 is 22.0 Å². The summed E-state index contributed by atoms with van der Waals surface area (Å²) in [6.07, 6.45) is 5.19. The van der Waals surface area contributed by atoms with Gasteiger partial charge < -0.3 is 19.8 Å². The largest absolute Gasteiger partial charge is 0.356 e. The fourth-order valence-electron chi connectivity index (χ4n) is 4.63. The molecule has 2 N–H and O–H groups in total. The van der Waals surface area contributed by atoms with E-state index in [1.54, 1.807) is 25.5 Å². The zero-order chi connectivity index (χ0) is 25.9. The summed E-state index contributed by atoms with van der Waals surface area (Å²) >= 11 is 0. The normalized spacial score (nSPS) is 13.0. The van der Waals surface area contributed by atoms with Crippen LogP contribution in [0.15, 0.2) is 41.6 Å². The van der Waals surface area contributed by atoms with Crippen LogP contribution in [-0.2, 0) is 29.2 Å². The molecule has 1 aliphatic rings. The highest BCUT2D eigenvalue weighted by atomic mass is 32.2. The molecule has 1 amide bonds. The summed E-state index contributed by atoms with van der Waals surface area (Å²) in [7, 11) is -0.542. The number of aromatic nitrogens is 3. The van der Waals surface area contributed by atoms with Gasteiger partial charge in [-0.05, 0) is 23.3 Å². The maximum atomic E-state index is 15.0. The van der Waals surface area contributed by atoms with Crippen molar-refractivity contribution >= 4 is 38.2 Å². The Morgan fingerprint density at radius 1 is 1.22 bits per heavy atom. The lowest BCUT2D eigenvalue weighted by Gasteiger charge is -2.26. The number of rotatable bonds is 4. The molecule has 0 unspecified atom stereocenters. The monoisotopic (exact) mass is 513 g/mol. The van der Waals surface area contributed by atoms with Crippen molar-refractivity contribution in [3.63, 3.8) is 0 Å². The Morgan fingerprint density at radius 3 is 2.64 bits per heavy atom. The highest BCUT2D eigenvalue weighted by molar-refractivity contribution is 7.89. The highest BCUT2D eigenvalue weighted by Crippen LogP contribution is 2.44. The second-order valence-electron chi connectivity index (χ2n) is 8.74. The summed E-state index contributed by atoms with van der Waals surface area (Å²) in [5.41, 5.74) is 2.41. The van der Waals surface area contributed by atoms with Crippen LogP contribution in [-0.4, -0.2) is 42.2 Å². The number of H-pyrrole nitrogens is 1. The van der Waals surface area contributed by atoms with Gasteiger partial charge in [0.05, 0.1) is 24.2 Å². The Hall–Kier alpha value is -4.06. The number of amides is 1. The van der Waals surface area contributed by atoms with Crippen LogP contribution < -0.4 is 15.8 Å². The molecule has 12 heteroatoms. The van der Waals surface area contributed by atoms with Crippen LogP contribution in [0, 0.1) is 11.6 Å². The molecule has 3 aromatic heterocycles. The van der Waals surface area contributed by atoms with Gasteiger partial charge in [-0.2, -0.15) is 0 Å². The van der Waals surface area contributed by atoms with E-state index in [2.05, 4.69) is 15.3 Å². The number of hydrogen-bond donors (Lipinski definition) is 2. The number of nitrogens with one attached hydrogen (secondary N) is 2. The van der Waals surface area contributed by atoms with Gasteiger partial charge in [-0.3, -0.25) is 9.59 Å². The van der Waals surface area contributed by atoms with Gasteiger partial charge in [0.1, 0.15) is 11.3 Å². The standard InChI is InChI=1S/C24H21F2N5O4S/c1-27-23(32)15-6-19-16(4-12(15)11-36(3,34)35)17-10-30(2)24(33)21-20(17)13(7-28-21)9-31(19)22-18(26)5-14(25)8-29-22/h4-8,10,28H,9,11H2,1-3H3,(H,27,32). The zero-order valence-corrected chi connectivity index (χ0v) is 20.3. The molecule has 1 aromatic carbocycles. The smallest absolute Gasteiger partial charge is 0.274 e. The van der Waals surface area contributed by atoms with E-state index in [1.165, 1.54) is 22.6 Å². The number of pyridine rings is 2. The number of carbonyl (C=O) groups is 1. The molecule has 0 fully saturated rings. The first-order valence-corrected chi connectivity index (χ1v) is 12.9. The van der Waals surface area contributed by atoms with Crippen LogP contribution >= 0.6 is 0 Å². The van der Waals surface area contributed by atoms with E-state index in [1.807, 2.05) is 0 Å². The Bertz CT molecular complexity index is 1740. The lowest BCUT2D eigenvalue weighted by atomic mass is 9.96. The van der Waals surface area contributed by atoms with Gasteiger partial charge in [0, 0.05) is 60.9 Å². The molecule has 0 spiro atoms. The van der Waals surface area contributed by atoms with E-state index in [-0.39, 0.29) is 29.0 Å². The van der Waals surface area contributed by atoms with Crippen LogP contribution in [0.1, 0.15) is 21.5 Å².